The van der Waals surface area contributed by atoms with E-state index in [1.54, 1.807) is 5.57 Å². The Bertz CT molecular complexity index is 488. The van der Waals surface area contributed by atoms with E-state index in [0.717, 1.165) is 5.92 Å². The average molecular weight is 351 g/mol. The van der Waals surface area contributed by atoms with Crippen molar-refractivity contribution in [2.24, 2.45) is 16.7 Å². The number of hydrogen-bond donors (Lipinski definition) is 0. The molecule has 0 saturated carbocycles. The van der Waals surface area contributed by atoms with Crippen LogP contribution in [-0.4, -0.2) is 0 Å². The van der Waals surface area contributed by atoms with Gasteiger partial charge < -0.3 is 0 Å². The maximum absolute atomic E-state index is 2.40. The molecule has 0 spiro atoms. The Morgan fingerprint density at radius 3 is 1.52 bits per heavy atom. The third-order valence-corrected chi connectivity index (χ3v) is 6.54. The molecule has 0 heterocycles. The summed E-state index contributed by atoms with van der Waals surface area (Å²) >= 11 is 0. The van der Waals surface area contributed by atoms with Gasteiger partial charge in [0.05, 0.1) is 0 Å². The summed E-state index contributed by atoms with van der Waals surface area (Å²) in [7, 11) is 0. The molecule has 0 aromatic heterocycles. The Hall–Kier alpha value is -0.780. The van der Waals surface area contributed by atoms with Gasteiger partial charge in [-0.25, -0.2) is 0 Å². The Balaban J connectivity index is -0.00000242. The van der Waals surface area contributed by atoms with E-state index >= 15 is 0 Å². The predicted molar refractivity (Wildman–Crippen MR) is 121 cm³/mol. The number of rotatable bonds is 7. The van der Waals surface area contributed by atoms with Gasteiger partial charge in [0.1, 0.15) is 0 Å². The number of allylic oxidation sites excluding steroid dienone is 6. The van der Waals surface area contributed by atoms with Gasteiger partial charge in [0.25, 0.3) is 0 Å². The van der Waals surface area contributed by atoms with E-state index in [0.29, 0.717) is 0 Å². The monoisotopic (exact) mass is 350 g/mol. The van der Waals surface area contributed by atoms with Gasteiger partial charge in [0.2, 0.25) is 0 Å². The molecule has 0 aliphatic heterocycles. The molecular formula is C25H50. The summed E-state index contributed by atoms with van der Waals surface area (Å²) in [5.41, 5.74) is 7.80. The molecule has 0 fully saturated rings. The summed E-state index contributed by atoms with van der Waals surface area (Å²) in [5, 5.41) is 0. The lowest BCUT2D eigenvalue weighted by Crippen LogP contribution is -2.25. The highest BCUT2D eigenvalue weighted by molar-refractivity contribution is 5.36. The molecular weight excluding hydrogens is 300 g/mol. The van der Waals surface area contributed by atoms with E-state index in [1.165, 1.54) is 35.1 Å². The van der Waals surface area contributed by atoms with Gasteiger partial charge >= 0.3 is 0 Å². The van der Waals surface area contributed by atoms with Crippen LogP contribution in [-0.2, 0) is 0 Å². The summed E-state index contributed by atoms with van der Waals surface area (Å²) in [4.78, 5) is 0. The lowest BCUT2D eigenvalue weighted by molar-refractivity contribution is 0.435. The Morgan fingerprint density at radius 2 is 1.20 bits per heavy atom. The second kappa shape index (κ2) is 11.0. The van der Waals surface area contributed by atoms with Crippen LogP contribution in [0.2, 0.25) is 0 Å². The standard InChI is InChI=1S/C23H42.2CH4/c1-13-17(5)15-21(14-2)23(11,12)20(8)19(7)22(9,10)18(6)16(3)4;;/h14,17H,13,15H2,1-12H3;2*1H4/b20-19-,21-14+;;. The third kappa shape index (κ3) is 6.80. The summed E-state index contributed by atoms with van der Waals surface area (Å²) < 4.78 is 0. The van der Waals surface area contributed by atoms with E-state index in [-0.39, 0.29) is 25.7 Å². The summed E-state index contributed by atoms with van der Waals surface area (Å²) in [6.45, 7) is 27.8. The smallest absolute Gasteiger partial charge is 0.00641 e. The van der Waals surface area contributed by atoms with Crippen molar-refractivity contribution in [3.05, 3.63) is 33.9 Å². The first-order valence-corrected chi connectivity index (χ1v) is 9.32. The minimum atomic E-state index is 0. The van der Waals surface area contributed by atoms with Crippen molar-refractivity contribution in [2.75, 3.05) is 0 Å². The van der Waals surface area contributed by atoms with Crippen molar-refractivity contribution in [3.63, 3.8) is 0 Å². The molecule has 0 amide bonds. The van der Waals surface area contributed by atoms with Crippen LogP contribution in [0.25, 0.3) is 0 Å². The van der Waals surface area contributed by atoms with Crippen molar-refractivity contribution in [2.45, 2.75) is 111 Å². The highest BCUT2D eigenvalue weighted by atomic mass is 14.4. The van der Waals surface area contributed by atoms with Gasteiger partial charge in [0, 0.05) is 10.8 Å². The van der Waals surface area contributed by atoms with Crippen molar-refractivity contribution >= 4 is 0 Å². The first-order valence-electron chi connectivity index (χ1n) is 9.32. The van der Waals surface area contributed by atoms with E-state index < -0.39 is 0 Å². The van der Waals surface area contributed by atoms with Gasteiger partial charge in [-0.05, 0) is 53.9 Å². The minimum absolute atomic E-state index is 0. The van der Waals surface area contributed by atoms with Crippen LogP contribution >= 0.6 is 0 Å². The molecule has 0 aliphatic rings. The zero-order valence-corrected chi connectivity index (χ0v) is 18.1. The largest absolute Gasteiger partial charge is 0.0876 e. The predicted octanol–water partition coefficient (Wildman–Crippen LogP) is 9.39. The lowest BCUT2D eigenvalue weighted by Gasteiger charge is -2.38. The summed E-state index contributed by atoms with van der Waals surface area (Å²) in [6.07, 6.45) is 4.80. The maximum atomic E-state index is 2.40. The molecule has 150 valence electrons. The normalized spacial score (nSPS) is 14.8. The molecule has 25 heavy (non-hydrogen) atoms. The molecule has 1 atom stereocenters. The SMILES string of the molecule is C.C.C/C=C(\CC(C)CC)C(C)(C)/C(C)=C(/C)C(C)(C)C(C)=C(C)C. The molecule has 1 unspecified atom stereocenters. The lowest BCUT2D eigenvalue weighted by atomic mass is 9.67. The highest BCUT2D eigenvalue weighted by Gasteiger charge is 2.32. The van der Waals surface area contributed by atoms with Crippen LogP contribution in [0.3, 0.4) is 0 Å². The quantitative estimate of drug-likeness (QED) is 0.401. The maximum Gasteiger partial charge on any atom is 0.00641 e. The van der Waals surface area contributed by atoms with Crippen LogP contribution in [0.5, 0.6) is 0 Å². The van der Waals surface area contributed by atoms with E-state index in [2.05, 4.69) is 89.2 Å². The molecule has 0 nitrogen and oxygen atoms in total. The Labute approximate surface area is 161 Å². The first kappa shape index (κ1) is 29.0. The van der Waals surface area contributed by atoms with Crippen LogP contribution in [0, 0.1) is 16.7 Å². The molecule has 0 N–H and O–H groups in total. The fourth-order valence-electron chi connectivity index (χ4n) is 3.34. The van der Waals surface area contributed by atoms with Gasteiger partial charge in [-0.15, -0.1) is 0 Å². The third-order valence-electron chi connectivity index (χ3n) is 6.54. The molecule has 0 aromatic rings. The van der Waals surface area contributed by atoms with Crippen molar-refractivity contribution in [3.8, 4) is 0 Å². The molecule has 0 rings (SSSR count). The zero-order chi connectivity index (χ0) is 18.6. The minimum Gasteiger partial charge on any atom is -0.0876 e. The zero-order valence-electron chi connectivity index (χ0n) is 18.1. The highest BCUT2D eigenvalue weighted by Crippen LogP contribution is 2.45. The topological polar surface area (TPSA) is 0 Å². The first-order chi connectivity index (χ1) is 10.3. The van der Waals surface area contributed by atoms with E-state index in [4.69, 9.17) is 0 Å². The molecule has 0 saturated heterocycles. The van der Waals surface area contributed by atoms with Crippen molar-refractivity contribution < 1.29 is 0 Å². The second-order valence-electron chi connectivity index (χ2n) is 8.66. The molecule has 0 radical (unpaired) electrons. The van der Waals surface area contributed by atoms with Crippen LogP contribution in [0.4, 0.5) is 0 Å². The molecule has 0 bridgehead atoms. The molecule has 0 heteroatoms. The van der Waals surface area contributed by atoms with Crippen LogP contribution in [0.1, 0.15) is 111 Å². The van der Waals surface area contributed by atoms with Crippen LogP contribution < -0.4 is 0 Å². The number of hydrogen-bond acceptors (Lipinski definition) is 0. The molecule has 0 aliphatic carbocycles. The van der Waals surface area contributed by atoms with Crippen LogP contribution in [0.15, 0.2) is 33.9 Å². The summed E-state index contributed by atoms with van der Waals surface area (Å²) in [6, 6.07) is 0. The Morgan fingerprint density at radius 1 is 0.800 bits per heavy atom. The van der Waals surface area contributed by atoms with E-state index in [1.807, 2.05) is 0 Å². The van der Waals surface area contributed by atoms with Gasteiger partial charge in [-0.3, -0.25) is 0 Å². The van der Waals surface area contributed by atoms with Gasteiger partial charge in [-0.2, -0.15) is 0 Å². The average Bonchev–Trinajstić information content (AvgIpc) is 2.49. The fraction of sp³-hybridized carbons (Fsp3) is 0.760. The van der Waals surface area contributed by atoms with Gasteiger partial charge in [-0.1, -0.05) is 96.8 Å². The van der Waals surface area contributed by atoms with Crippen molar-refractivity contribution in [1.29, 1.82) is 0 Å². The van der Waals surface area contributed by atoms with E-state index in [9.17, 15) is 0 Å². The Kier molecular flexibility index (Phi) is 12.8. The van der Waals surface area contributed by atoms with Gasteiger partial charge in [0.15, 0.2) is 0 Å². The second-order valence-corrected chi connectivity index (χ2v) is 8.66. The summed E-state index contributed by atoms with van der Waals surface area (Å²) in [5.74, 6) is 0.751. The fourth-order valence-corrected chi connectivity index (χ4v) is 3.34. The molecule has 0 aromatic carbocycles. The van der Waals surface area contributed by atoms with Crippen molar-refractivity contribution in [1.82, 2.24) is 0 Å².